The van der Waals surface area contributed by atoms with Gasteiger partial charge in [0.05, 0.1) is 28.9 Å². The number of carbonyl (C=O) groups excluding carboxylic acids is 2. The summed E-state index contributed by atoms with van der Waals surface area (Å²) >= 11 is 6.43. The molecule has 1 aliphatic heterocycles. The van der Waals surface area contributed by atoms with E-state index in [1.807, 2.05) is 38.1 Å². The molecule has 0 bridgehead atoms. The molecule has 0 spiro atoms. The molecule has 0 aromatic heterocycles. The number of rotatable bonds is 8. The van der Waals surface area contributed by atoms with Crippen LogP contribution in [0.1, 0.15) is 43.5 Å². The molecule has 1 saturated heterocycles. The van der Waals surface area contributed by atoms with Crippen molar-refractivity contribution in [3.05, 3.63) is 87.9 Å². The molecule has 4 rings (SSSR count). The van der Waals surface area contributed by atoms with Crippen molar-refractivity contribution < 1.29 is 24.5 Å². The minimum atomic E-state index is -1.000. The smallest absolute Gasteiger partial charge is 0.300 e. The van der Waals surface area contributed by atoms with Gasteiger partial charge in [-0.25, -0.2) is 0 Å². The third-order valence-electron chi connectivity index (χ3n) is 6.68. The summed E-state index contributed by atoms with van der Waals surface area (Å²) in [5, 5.41) is 22.4. The minimum absolute atomic E-state index is 0.123. The lowest BCUT2D eigenvalue weighted by Crippen LogP contribution is -2.29. The summed E-state index contributed by atoms with van der Waals surface area (Å²) in [5.74, 6) is -1.84. The van der Waals surface area contributed by atoms with E-state index in [0.717, 1.165) is 24.3 Å². The molecule has 0 aliphatic carbocycles. The maximum Gasteiger partial charge on any atom is 0.300 e. The minimum Gasteiger partial charge on any atom is -0.507 e. The highest BCUT2D eigenvalue weighted by molar-refractivity contribution is 6.52. The van der Waals surface area contributed by atoms with Gasteiger partial charge in [-0.1, -0.05) is 29.8 Å². The van der Waals surface area contributed by atoms with Crippen LogP contribution in [0.2, 0.25) is 5.02 Å². The standard InChI is InChI=1S/C30H31ClN2O5/c1-5-32(6-2)20-11-9-19(10-12-20)27-26(28(35)22-17-21(38-7-3)13-14-23(22)31)29(36)30(37)33(27)24-16-18(4)8-15-25(24)34/h8-17,27,34-35H,5-7H2,1-4H3/b28-26+. The first-order valence-corrected chi connectivity index (χ1v) is 13.0. The fourth-order valence-electron chi connectivity index (χ4n) is 4.77. The maximum atomic E-state index is 13.5. The van der Waals surface area contributed by atoms with Crippen molar-refractivity contribution >= 4 is 40.4 Å². The molecular formula is C30H31ClN2O5. The normalized spacial score (nSPS) is 16.7. The predicted octanol–water partition coefficient (Wildman–Crippen LogP) is 6.23. The number of halogens is 1. The number of benzene rings is 3. The molecule has 0 radical (unpaired) electrons. The molecule has 198 valence electrons. The quantitative estimate of drug-likeness (QED) is 0.202. The Morgan fingerprint density at radius 3 is 2.32 bits per heavy atom. The summed E-state index contributed by atoms with van der Waals surface area (Å²) in [6.07, 6.45) is 0. The Labute approximate surface area is 227 Å². The van der Waals surface area contributed by atoms with Crippen molar-refractivity contribution in [2.75, 3.05) is 29.5 Å². The van der Waals surface area contributed by atoms with Crippen LogP contribution in [0.3, 0.4) is 0 Å². The SMILES string of the molecule is CCOc1ccc(Cl)c(/C(O)=C2\C(=O)C(=O)N(c3cc(C)ccc3O)C2c2ccc(N(CC)CC)cc2)c1. The third-order valence-corrected chi connectivity index (χ3v) is 7.01. The number of amides is 1. The van der Waals surface area contributed by atoms with Gasteiger partial charge in [0.2, 0.25) is 0 Å². The Hall–Kier alpha value is -3.97. The summed E-state index contributed by atoms with van der Waals surface area (Å²) in [6.45, 7) is 9.82. The largest absolute Gasteiger partial charge is 0.507 e. The lowest BCUT2D eigenvalue weighted by molar-refractivity contribution is -0.132. The van der Waals surface area contributed by atoms with Crippen molar-refractivity contribution in [1.82, 2.24) is 0 Å². The van der Waals surface area contributed by atoms with Crippen LogP contribution in [0.4, 0.5) is 11.4 Å². The average Bonchev–Trinajstić information content (AvgIpc) is 3.17. The van der Waals surface area contributed by atoms with Crippen LogP contribution in [0.25, 0.3) is 5.76 Å². The van der Waals surface area contributed by atoms with Crippen molar-refractivity contribution in [1.29, 1.82) is 0 Å². The number of anilines is 2. The Bertz CT molecular complexity index is 1400. The van der Waals surface area contributed by atoms with Crippen LogP contribution in [-0.2, 0) is 9.59 Å². The zero-order valence-electron chi connectivity index (χ0n) is 21.9. The number of ketones is 1. The molecule has 1 fully saturated rings. The van der Waals surface area contributed by atoms with Gasteiger partial charge in [-0.2, -0.15) is 0 Å². The Kier molecular flexibility index (Phi) is 7.97. The van der Waals surface area contributed by atoms with Crippen molar-refractivity contribution in [3.63, 3.8) is 0 Å². The highest BCUT2D eigenvalue weighted by Gasteiger charge is 2.48. The van der Waals surface area contributed by atoms with Crippen LogP contribution in [-0.4, -0.2) is 41.6 Å². The number of carbonyl (C=O) groups is 2. The summed E-state index contributed by atoms with van der Waals surface area (Å²) in [5.41, 5.74) is 2.61. The molecule has 2 N–H and O–H groups in total. The highest BCUT2D eigenvalue weighted by Crippen LogP contribution is 2.46. The van der Waals surface area contributed by atoms with Crippen LogP contribution in [0.15, 0.2) is 66.2 Å². The second-order valence-corrected chi connectivity index (χ2v) is 9.41. The van der Waals surface area contributed by atoms with E-state index < -0.39 is 23.5 Å². The fraction of sp³-hybridized carbons (Fsp3) is 0.267. The van der Waals surface area contributed by atoms with Gasteiger partial charge in [0.1, 0.15) is 17.3 Å². The number of phenolic OH excluding ortho intramolecular Hbond substituents is 1. The molecule has 1 unspecified atom stereocenters. The molecule has 1 heterocycles. The summed E-state index contributed by atoms with van der Waals surface area (Å²) in [4.78, 5) is 30.4. The zero-order valence-corrected chi connectivity index (χ0v) is 22.6. The number of hydrogen-bond acceptors (Lipinski definition) is 6. The number of hydrogen-bond donors (Lipinski definition) is 2. The summed E-state index contributed by atoms with van der Waals surface area (Å²) in [7, 11) is 0. The van der Waals surface area contributed by atoms with Crippen molar-refractivity contribution in [2.24, 2.45) is 0 Å². The van der Waals surface area contributed by atoms with Crippen molar-refractivity contribution in [2.45, 2.75) is 33.7 Å². The third kappa shape index (κ3) is 4.94. The number of ether oxygens (including phenoxy) is 1. The molecule has 0 saturated carbocycles. The predicted molar refractivity (Wildman–Crippen MR) is 150 cm³/mol. The van der Waals surface area contributed by atoms with E-state index in [1.54, 1.807) is 30.3 Å². The number of nitrogens with zero attached hydrogens (tertiary/aromatic N) is 2. The topological polar surface area (TPSA) is 90.3 Å². The first-order chi connectivity index (χ1) is 18.2. The van der Waals surface area contributed by atoms with E-state index in [1.165, 1.54) is 11.0 Å². The van der Waals surface area contributed by atoms with E-state index >= 15 is 0 Å². The Morgan fingerprint density at radius 2 is 1.68 bits per heavy atom. The number of aromatic hydroxyl groups is 1. The van der Waals surface area contributed by atoms with E-state index in [9.17, 15) is 19.8 Å². The van der Waals surface area contributed by atoms with Gasteiger partial charge in [-0.15, -0.1) is 0 Å². The number of aryl methyl sites for hydroxylation is 1. The molecule has 3 aromatic carbocycles. The molecular weight excluding hydrogens is 504 g/mol. The zero-order chi connectivity index (χ0) is 27.6. The van der Waals surface area contributed by atoms with E-state index in [0.29, 0.717) is 17.9 Å². The second-order valence-electron chi connectivity index (χ2n) is 9.00. The highest BCUT2D eigenvalue weighted by atomic mass is 35.5. The number of phenols is 1. The molecule has 1 amide bonds. The van der Waals surface area contributed by atoms with E-state index in [4.69, 9.17) is 16.3 Å². The van der Waals surface area contributed by atoms with E-state index in [2.05, 4.69) is 18.7 Å². The van der Waals surface area contributed by atoms with Gasteiger partial charge < -0.3 is 19.8 Å². The lowest BCUT2D eigenvalue weighted by atomic mass is 9.94. The first kappa shape index (κ1) is 27.1. The van der Waals surface area contributed by atoms with Gasteiger partial charge in [0.25, 0.3) is 11.7 Å². The maximum absolute atomic E-state index is 13.5. The van der Waals surface area contributed by atoms with Gasteiger partial charge in [0, 0.05) is 24.3 Å². The average molecular weight is 535 g/mol. The number of Topliss-reactive ketones (excluding diaryl/α,β-unsaturated/α-hetero) is 1. The van der Waals surface area contributed by atoms with Gasteiger partial charge in [-0.05, 0) is 81.3 Å². The molecule has 7 nitrogen and oxygen atoms in total. The fourth-order valence-corrected chi connectivity index (χ4v) is 4.97. The van der Waals surface area contributed by atoms with Crippen molar-refractivity contribution in [3.8, 4) is 11.5 Å². The first-order valence-electron chi connectivity index (χ1n) is 12.6. The van der Waals surface area contributed by atoms with Gasteiger partial charge in [0.15, 0.2) is 0 Å². The van der Waals surface area contributed by atoms with Crippen LogP contribution in [0, 0.1) is 6.92 Å². The summed E-state index contributed by atoms with van der Waals surface area (Å²) in [6, 6.07) is 16.1. The number of aliphatic hydroxyl groups is 1. The van der Waals surface area contributed by atoms with E-state index in [-0.39, 0.29) is 27.6 Å². The molecule has 3 aromatic rings. The van der Waals surface area contributed by atoms with Gasteiger partial charge in [-0.3, -0.25) is 14.5 Å². The van der Waals surface area contributed by atoms with Gasteiger partial charge >= 0.3 is 0 Å². The molecule has 1 aliphatic rings. The van der Waals surface area contributed by atoms with Crippen LogP contribution >= 0.6 is 11.6 Å². The Balaban J connectivity index is 1.95. The molecule has 8 heteroatoms. The lowest BCUT2D eigenvalue weighted by Gasteiger charge is -2.27. The second kappa shape index (κ2) is 11.2. The Morgan fingerprint density at radius 1 is 1.00 bits per heavy atom. The van der Waals surface area contributed by atoms with Crippen LogP contribution in [0.5, 0.6) is 11.5 Å². The monoisotopic (exact) mass is 534 g/mol. The van der Waals surface area contributed by atoms with Crippen LogP contribution < -0.4 is 14.5 Å². The molecule has 1 atom stereocenters. The summed E-state index contributed by atoms with van der Waals surface area (Å²) < 4.78 is 5.56. The number of aliphatic hydroxyl groups excluding tert-OH is 1. The molecule has 38 heavy (non-hydrogen) atoms.